The van der Waals surface area contributed by atoms with Gasteiger partial charge in [-0.05, 0) is 6.92 Å². The number of nitrogens with zero attached hydrogens (tertiary/aromatic N) is 1. The molecule has 12 heavy (non-hydrogen) atoms. The lowest BCUT2D eigenvalue weighted by Crippen LogP contribution is -1.94. The second-order valence-electron chi connectivity index (χ2n) is 2.41. The maximum Gasteiger partial charge on any atom is 0.142 e. The van der Waals surface area contributed by atoms with E-state index in [0.717, 1.165) is 5.56 Å². The van der Waals surface area contributed by atoms with Crippen molar-refractivity contribution >= 4 is 24.2 Å². The quantitative estimate of drug-likeness (QED) is 0.747. The molecule has 0 bridgehead atoms. The third-order valence-corrected chi connectivity index (χ3v) is 2.10. The van der Waals surface area contributed by atoms with Gasteiger partial charge in [-0.15, -0.1) is 0 Å². The van der Waals surface area contributed by atoms with Gasteiger partial charge in [-0.25, -0.2) is 0 Å². The summed E-state index contributed by atoms with van der Waals surface area (Å²) in [5.41, 5.74) is 0.887. The lowest BCUT2D eigenvalue weighted by atomic mass is 10.2. The van der Waals surface area contributed by atoms with Crippen molar-refractivity contribution in [3.63, 3.8) is 0 Å². The minimum absolute atomic E-state index is 0.0513. The van der Waals surface area contributed by atoms with Crippen LogP contribution in [0.5, 0.6) is 5.75 Å². The Kier molecular flexibility index (Phi) is 3.23. The summed E-state index contributed by atoms with van der Waals surface area (Å²) < 4.78 is 5.09. The van der Waals surface area contributed by atoms with Crippen LogP contribution < -0.4 is 4.74 Å². The average Bonchev–Trinajstić information content (AvgIpc) is 2.03. The summed E-state index contributed by atoms with van der Waals surface area (Å²) in [4.78, 5) is 3.91. The number of ether oxygens (including phenoxy) is 1. The van der Waals surface area contributed by atoms with E-state index < -0.39 is 0 Å². The van der Waals surface area contributed by atoms with Gasteiger partial charge in [0.25, 0.3) is 0 Å². The van der Waals surface area contributed by atoms with Crippen LogP contribution >= 0.6 is 24.2 Å². The maximum atomic E-state index is 5.91. The maximum absolute atomic E-state index is 5.91. The normalized spacial score (nSPS) is 12.7. The summed E-state index contributed by atoms with van der Waals surface area (Å²) in [5.74, 6) is 0.685. The molecule has 2 nitrogen and oxygen atoms in total. The number of halogens is 1. The Hall–Kier alpha value is -0.410. The minimum Gasteiger partial charge on any atom is -0.495 e. The van der Waals surface area contributed by atoms with E-state index in [4.69, 9.17) is 16.3 Å². The molecule has 1 aromatic heterocycles. The van der Waals surface area contributed by atoms with Crippen molar-refractivity contribution in [2.45, 2.75) is 12.2 Å². The summed E-state index contributed by atoms with van der Waals surface area (Å²) in [6.45, 7) is 1.94. The minimum atomic E-state index is 0.0513. The van der Waals surface area contributed by atoms with Crippen LogP contribution in [0.1, 0.15) is 17.7 Å². The summed E-state index contributed by atoms with van der Waals surface area (Å²) in [6, 6.07) is 0. The van der Waals surface area contributed by atoms with E-state index in [1.54, 1.807) is 19.5 Å². The van der Waals surface area contributed by atoms with Gasteiger partial charge < -0.3 is 4.74 Å². The van der Waals surface area contributed by atoms with Crippen LogP contribution in [-0.2, 0) is 0 Å². The molecular formula is C8H10ClNOS. The van der Waals surface area contributed by atoms with Crippen molar-refractivity contribution in [1.82, 2.24) is 4.98 Å². The van der Waals surface area contributed by atoms with E-state index in [9.17, 15) is 0 Å². The van der Waals surface area contributed by atoms with Crippen molar-refractivity contribution in [3.8, 4) is 5.75 Å². The van der Waals surface area contributed by atoms with Crippen molar-refractivity contribution in [2.24, 2.45) is 0 Å². The van der Waals surface area contributed by atoms with Crippen molar-refractivity contribution in [2.75, 3.05) is 7.11 Å². The highest BCUT2D eigenvalue weighted by Gasteiger charge is 2.11. The largest absolute Gasteiger partial charge is 0.495 e. The Labute approximate surface area is 82.3 Å². The monoisotopic (exact) mass is 203 g/mol. The molecule has 0 fully saturated rings. The second-order valence-corrected chi connectivity index (χ2v) is 3.60. The van der Waals surface area contributed by atoms with E-state index in [1.807, 2.05) is 6.92 Å². The summed E-state index contributed by atoms with van der Waals surface area (Å²) in [6.07, 6.45) is 3.22. The molecule has 0 amide bonds. The molecule has 0 aliphatic carbocycles. The molecule has 0 radical (unpaired) electrons. The summed E-state index contributed by atoms with van der Waals surface area (Å²) in [5, 5.41) is 0.646. The third kappa shape index (κ3) is 1.84. The molecule has 0 saturated heterocycles. The molecule has 66 valence electrons. The fourth-order valence-corrected chi connectivity index (χ4v) is 1.65. The number of pyridine rings is 1. The van der Waals surface area contributed by atoms with Gasteiger partial charge in [-0.2, -0.15) is 12.6 Å². The molecule has 0 aromatic carbocycles. The molecule has 0 spiro atoms. The van der Waals surface area contributed by atoms with Gasteiger partial charge in [0, 0.05) is 17.0 Å². The van der Waals surface area contributed by atoms with E-state index >= 15 is 0 Å². The molecule has 0 aliphatic rings. The topological polar surface area (TPSA) is 22.1 Å². The first-order valence-corrected chi connectivity index (χ1v) is 4.41. The van der Waals surface area contributed by atoms with Crippen molar-refractivity contribution < 1.29 is 4.74 Å². The molecule has 0 aliphatic heterocycles. The number of aromatic nitrogens is 1. The van der Waals surface area contributed by atoms with Gasteiger partial charge in [-0.1, -0.05) is 11.6 Å². The molecular weight excluding hydrogens is 194 g/mol. The smallest absolute Gasteiger partial charge is 0.142 e. The summed E-state index contributed by atoms with van der Waals surface area (Å²) in [7, 11) is 1.59. The lowest BCUT2D eigenvalue weighted by molar-refractivity contribution is 0.408. The van der Waals surface area contributed by atoms with Gasteiger partial charge in [0.15, 0.2) is 0 Å². The fraction of sp³-hybridized carbons (Fsp3) is 0.375. The van der Waals surface area contributed by atoms with Crippen molar-refractivity contribution in [1.29, 1.82) is 0 Å². The molecule has 0 saturated carbocycles. The molecule has 1 atom stereocenters. The first-order valence-electron chi connectivity index (χ1n) is 3.52. The number of methoxy groups -OCH3 is 1. The Morgan fingerprint density at radius 2 is 2.25 bits per heavy atom. The predicted octanol–water partition coefficient (Wildman–Crippen LogP) is 2.73. The van der Waals surface area contributed by atoms with Gasteiger partial charge in [0.2, 0.25) is 0 Å². The third-order valence-electron chi connectivity index (χ3n) is 1.54. The molecule has 0 N–H and O–H groups in total. The number of hydrogen-bond donors (Lipinski definition) is 1. The Morgan fingerprint density at radius 1 is 1.58 bits per heavy atom. The number of rotatable bonds is 2. The Bertz CT molecular complexity index is 278. The van der Waals surface area contributed by atoms with Gasteiger partial charge in [-0.3, -0.25) is 4.98 Å². The molecule has 1 unspecified atom stereocenters. The SMILES string of the molecule is COc1cncc(Cl)c1C(C)S. The first kappa shape index (κ1) is 9.68. The predicted molar refractivity (Wildman–Crippen MR) is 53.2 cm³/mol. The Morgan fingerprint density at radius 3 is 2.67 bits per heavy atom. The zero-order chi connectivity index (χ0) is 9.14. The number of thiol groups is 1. The molecule has 1 rings (SSSR count). The molecule has 1 heterocycles. The highest BCUT2D eigenvalue weighted by molar-refractivity contribution is 7.80. The van der Waals surface area contributed by atoms with Crippen LogP contribution in [0.25, 0.3) is 0 Å². The van der Waals surface area contributed by atoms with E-state index in [2.05, 4.69) is 17.6 Å². The fourth-order valence-electron chi connectivity index (χ4n) is 0.995. The van der Waals surface area contributed by atoms with Gasteiger partial charge >= 0.3 is 0 Å². The van der Waals surface area contributed by atoms with Gasteiger partial charge in [0.1, 0.15) is 5.75 Å². The lowest BCUT2D eigenvalue weighted by Gasteiger charge is -2.11. The van der Waals surface area contributed by atoms with Crippen LogP contribution in [-0.4, -0.2) is 12.1 Å². The van der Waals surface area contributed by atoms with Crippen LogP contribution in [0.3, 0.4) is 0 Å². The van der Waals surface area contributed by atoms with E-state index in [-0.39, 0.29) is 5.25 Å². The van der Waals surface area contributed by atoms with Crippen LogP contribution in [0.15, 0.2) is 12.4 Å². The van der Waals surface area contributed by atoms with E-state index in [1.165, 1.54) is 0 Å². The van der Waals surface area contributed by atoms with Crippen LogP contribution in [0, 0.1) is 0 Å². The molecule has 1 aromatic rings. The zero-order valence-electron chi connectivity index (χ0n) is 6.91. The van der Waals surface area contributed by atoms with Crippen LogP contribution in [0.4, 0.5) is 0 Å². The number of hydrogen-bond acceptors (Lipinski definition) is 3. The summed E-state index contributed by atoms with van der Waals surface area (Å²) >= 11 is 10.2. The first-order chi connectivity index (χ1) is 5.66. The standard InChI is InChI=1S/C8H10ClNOS/c1-5(12)8-6(9)3-10-4-7(8)11-2/h3-5,12H,1-2H3. The highest BCUT2D eigenvalue weighted by Crippen LogP contribution is 2.33. The average molecular weight is 204 g/mol. The highest BCUT2D eigenvalue weighted by atomic mass is 35.5. The second kappa shape index (κ2) is 4.01. The van der Waals surface area contributed by atoms with E-state index in [0.29, 0.717) is 10.8 Å². The van der Waals surface area contributed by atoms with Crippen molar-refractivity contribution in [3.05, 3.63) is 23.0 Å². The Balaban J connectivity index is 3.20. The van der Waals surface area contributed by atoms with Gasteiger partial charge in [0.05, 0.1) is 18.3 Å². The molecule has 4 heteroatoms. The zero-order valence-corrected chi connectivity index (χ0v) is 8.56. The van der Waals surface area contributed by atoms with Crippen LogP contribution in [0.2, 0.25) is 5.02 Å².